The number of esters is 1. The molecule has 0 amide bonds. The smallest absolute Gasteiger partial charge is 0.361 e. The van der Waals surface area contributed by atoms with Crippen LogP contribution in [0, 0.1) is 6.92 Å². The van der Waals surface area contributed by atoms with Crippen LogP contribution in [0.25, 0.3) is 11.3 Å². The molecule has 21 heavy (non-hydrogen) atoms. The van der Waals surface area contributed by atoms with E-state index in [1.807, 2.05) is 13.0 Å². The van der Waals surface area contributed by atoms with Gasteiger partial charge in [0.25, 0.3) is 0 Å². The molecule has 0 radical (unpaired) electrons. The maximum absolute atomic E-state index is 11.8. The first-order chi connectivity index (χ1) is 10.1. The van der Waals surface area contributed by atoms with Crippen LogP contribution in [0.4, 0.5) is 5.69 Å². The second-order valence-corrected chi connectivity index (χ2v) is 4.46. The van der Waals surface area contributed by atoms with E-state index in [2.05, 4.69) is 15.2 Å². The molecule has 0 unspecified atom stereocenters. The Morgan fingerprint density at radius 1 is 1.43 bits per heavy atom. The number of ether oxygens (including phenoxy) is 1. The molecular weight excluding hydrogens is 272 g/mol. The summed E-state index contributed by atoms with van der Waals surface area (Å²) in [5, 5.41) is 8.48. The SMILES string of the molecule is CCOC(=O)c1nn(-c2nccn3nc(C)cc23)cc1N. The average Bonchev–Trinajstić information content (AvgIpc) is 3.00. The van der Waals surface area contributed by atoms with Gasteiger partial charge in [-0.2, -0.15) is 10.2 Å². The predicted octanol–water partition coefficient (Wildman–Crippen LogP) is 0.982. The van der Waals surface area contributed by atoms with Crippen molar-refractivity contribution in [1.82, 2.24) is 24.4 Å². The van der Waals surface area contributed by atoms with E-state index in [4.69, 9.17) is 10.5 Å². The van der Waals surface area contributed by atoms with Gasteiger partial charge in [0.15, 0.2) is 11.5 Å². The van der Waals surface area contributed by atoms with E-state index in [0.29, 0.717) is 5.82 Å². The van der Waals surface area contributed by atoms with Gasteiger partial charge in [-0.15, -0.1) is 0 Å². The second kappa shape index (κ2) is 4.89. The molecule has 0 bridgehead atoms. The molecule has 0 aliphatic rings. The summed E-state index contributed by atoms with van der Waals surface area (Å²) in [6.45, 7) is 3.88. The number of hydrogen-bond acceptors (Lipinski definition) is 6. The average molecular weight is 286 g/mol. The molecule has 108 valence electrons. The monoisotopic (exact) mass is 286 g/mol. The zero-order valence-corrected chi connectivity index (χ0v) is 11.6. The van der Waals surface area contributed by atoms with Crippen molar-refractivity contribution in [3.63, 3.8) is 0 Å². The van der Waals surface area contributed by atoms with Crippen LogP contribution in [-0.2, 0) is 4.74 Å². The Morgan fingerprint density at radius 2 is 2.24 bits per heavy atom. The molecule has 0 atom stereocenters. The third-order valence-electron chi connectivity index (χ3n) is 2.92. The summed E-state index contributed by atoms with van der Waals surface area (Å²) >= 11 is 0. The summed E-state index contributed by atoms with van der Waals surface area (Å²) in [7, 11) is 0. The number of aromatic nitrogens is 5. The zero-order valence-electron chi connectivity index (χ0n) is 11.6. The van der Waals surface area contributed by atoms with Crippen LogP contribution < -0.4 is 5.73 Å². The molecule has 3 aromatic heterocycles. The number of nitrogen functional groups attached to an aromatic ring is 1. The number of hydrogen-bond donors (Lipinski definition) is 1. The molecule has 0 fully saturated rings. The fourth-order valence-electron chi connectivity index (χ4n) is 2.06. The van der Waals surface area contributed by atoms with Crippen LogP contribution in [0.3, 0.4) is 0 Å². The normalized spacial score (nSPS) is 11.0. The summed E-state index contributed by atoms with van der Waals surface area (Å²) in [6.07, 6.45) is 4.89. The third-order valence-corrected chi connectivity index (χ3v) is 2.92. The highest BCUT2D eigenvalue weighted by Crippen LogP contribution is 2.18. The lowest BCUT2D eigenvalue weighted by Crippen LogP contribution is -2.09. The molecule has 8 heteroatoms. The van der Waals surface area contributed by atoms with Crippen molar-refractivity contribution in [2.75, 3.05) is 12.3 Å². The van der Waals surface area contributed by atoms with E-state index >= 15 is 0 Å². The molecule has 0 aliphatic heterocycles. The highest BCUT2D eigenvalue weighted by atomic mass is 16.5. The Morgan fingerprint density at radius 3 is 3.00 bits per heavy atom. The Balaban J connectivity index is 2.11. The molecule has 3 aromatic rings. The molecule has 0 spiro atoms. The first-order valence-corrected chi connectivity index (χ1v) is 6.43. The van der Waals surface area contributed by atoms with Crippen molar-refractivity contribution >= 4 is 17.2 Å². The zero-order chi connectivity index (χ0) is 15.0. The maximum Gasteiger partial charge on any atom is 0.361 e. The summed E-state index contributed by atoms with van der Waals surface area (Å²) in [5.74, 6) is -0.00858. The molecule has 3 rings (SSSR count). The number of nitrogens with zero attached hydrogens (tertiary/aromatic N) is 5. The van der Waals surface area contributed by atoms with Gasteiger partial charge in [-0.05, 0) is 19.9 Å². The van der Waals surface area contributed by atoms with E-state index < -0.39 is 5.97 Å². The predicted molar refractivity (Wildman–Crippen MR) is 75.2 cm³/mol. The quantitative estimate of drug-likeness (QED) is 0.720. The van der Waals surface area contributed by atoms with E-state index in [-0.39, 0.29) is 18.0 Å². The number of aryl methyl sites for hydroxylation is 1. The number of anilines is 1. The minimum absolute atomic E-state index is 0.0805. The fourth-order valence-corrected chi connectivity index (χ4v) is 2.06. The number of fused-ring (bicyclic) bond motifs is 1. The van der Waals surface area contributed by atoms with Crippen LogP contribution in [0.1, 0.15) is 23.1 Å². The first kappa shape index (κ1) is 13.1. The summed E-state index contributed by atoms with van der Waals surface area (Å²) in [6, 6.07) is 1.88. The van der Waals surface area contributed by atoms with Crippen LogP contribution in [0.15, 0.2) is 24.7 Å². The van der Waals surface area contributed by atoms with Gasteiger partial charge in [0.2, 0.25) is 0 Å². The van der Waals surface area contributed by atoms with Gasteiger partial charge < -0.3 is 10.5 Å². The summed E-state index contributed by atoms with van der Waals surface area (Å²) < 4.78 is 8.07. The van der Waals surface area contributed by atoms with Crippen molar-refractivity contribution in [2.24, 2.45) is 0 Å². The Hall–Kier alpha value is -2.90. The van der Waals surface area contributed by atoms with Crippen molar-refractivity contribution in [2.45, 2.75) is 13.8 Å². The number of carbonyl (C=O) groups excluding carboxylic acids is 1. The van der Waals surface area contributed by atoms with E-state index in [1.165, 1.54) is 10.9 Å². The molecule has 0 saturated carbocycles. The van der Waals surface area contributed by atoms with Gasteiger partial charge in [-0.3, -0.25) is 0 Å². The van der Waals surface area contributed by atoms with Crippen LogP contribution >= 0.6 is 0 Å². The third kappa shape index (κ3) is 2.20. The molecule has 0 aromatic carbocycles. The Bertz CT molecular complexity index is 819. The lowest BCUT2D eigenvalue weighted by atomic mass is 10.4. The van der Waals surface area contributed by atoms with Gasteiger partial charge >= 0.3 is 5.97 Å². The molecule has 0 saturated heterocycles. The summed E-state index contributed by atoms with van der Waals surface area (Å²) in [4.78, 5) is 16.0. The number of nitrogens with two attached hydrogens (primary N) is 1. The van der Waals surface area contributed by atoms with Gasteiger partial charge in [0, 0.05) is 12.4 Å². The van der Waals surface area contributed by atoms with E-state index in [1.54, 1.807) is 23.8 Å². The topological polar surface area (TPSA) is 100 Å². The van der Waals surface area contributed by atoms with E-state index in [0.717, 1.165) is 11.2 Å². The number of carbonyl (C=O) groups is 1. The largest absolute Gasteiger partial charge is 0.461 e. The van der Waals surface area contributed by atoms with Crippen molar-refractivity contribution in [3.05, 3.63) is 36.0 Å². The van der Waals surface area contributed by atoms with Gasteiger partial charge in [-0.1, -0.05) is 0 Å². The Kier molecular flexibility index (Phi) is 3.05. The van der Waals surface area contributed by atoms with Crippen molar-refractivity contribution < 1.29 is 9.53 Å². The van der Waals surface area contributed by atoms with Gasteiger partial charge in [0.05, 0.1) is 24.2 Å². The van der Waals surface area contributed by atoms with Gasteiger partial charge in [0.1, 0.15) is 5.52 Å². The molecule has 2 N–H and O–H groups in total. The highest BCUT2D eigenvalue weighted by Gasteiger charge is 2.18. The first-order valence-electron chi connectivity index (χ1n) is 6.43. The molecule has 3 heterocycles. The van der Waals surface area contributed by atoms with Crippen LogP contribution in [-0.4, -0.2) is 37.0 Å². The minimum Gasteiger partial charge on any atom is -0.461 e. The molecule has 0 aliphatic carbocycles. The van der Waals surface area contributed by atoms with Crippen molar-refractivity contribution in [3.8, 4) is 5.82 Å². The van der Waals surface area contributed by atoms with Crippen molar-refractivity contribution in [1.29, 1.82) is 0 Å². The highest BCUT2D eigenvalue weighted by molar-refractivity contribution is 5.92. The number of rotatable bonds is 3. The fraction of sp³-hybridized carbons (Fsp3) is 0.231. The lowest BCUT2D eigenvalue weighted by molar-refractivity contribution is 0.0520. The maximum atomic E-state index is 11.8. The standard InChI is InChI=1S/C13H14N6O2/c1-3-21-13(20)11-9(14)7-19(17-11)12-10-6-8(2)16-18(10)5-4-15-12/h4-7H,3,14H2,1-2H3. The summed E-state index contributed by atoms with van der Waals surface area (Å²) in [5.41, 5.74) is 7.78. The van der Waals surface area contributed by atoms with E-state index in [9.17, 15) is 4.79 Å². The lowest BCUT2D eigenvalue weighted by Gasteiger charge is -2.02. The molecular formula is C13H14N6O2. The van der Waals surface area contributed by atoms with Crippen LogP contribution in [0.2, 0.25) is 0 Å². The van der Waals surface area contributed by atoms with Crippen LogP contribution in [0.5, 0.6) is 0 Å². The molecule has 8 nitrogen and oxygen atoms in total. The Labute approximate surface area is 120 Å². The minimum atomic E-state index is -0.551. The second-order valence-electron chi connectivity index (χ2n) is 4.46. The van der Waals surface area contributed by atoms with Gasteiger partial charge in [-0.25, -0.2) is 19.0 Å².